The molecule has 0 saturated heterocycles. The van der Waals surface area contributed by atoms with E-state index in [1.165, 1.54) is 12.1 Å². The first-order chi connectivity index (χ1) is 8.84. The fourth-order valence-corrected chi connectivity index (χ4v) is 2.83. The summed E-state index contributed by atoms with van der Waals surface area (Å²) in [6.07, 6.45) is -0.833. The van der Waals surface area contributed by atoms with Crippen LogP contribution in [0.5, 0.6) is 0 Å². The standard InChI is InChI=1S/C15H20F3N.ClH/c1-3-19-14(2)8-6-11-4-5-13(15(16,17)18)10-12(11)7-9-14;/h4-5,10,19H,3,6-9H2,1-2H3;1H. The molecule has 1 unspecified atom stereocenters. The van der Waals surface area contributed by atoms with E-state index in [-0.39, 0.29) is 17.9 Å². The Morgan fingerprint density at radius 2 is 1.75 bits per heavy atom. The summed E-state index contributed by atoms with van der Waals surface area (Å²) in [6.45, 7) is 5.11. The quantitative estimate of drug-likeness (QED) is 0.800. The van der Waals surface area contributed by atoms with Gasteiger partial charge in [0.1, 0.15) is 0 Å². The molecule has 2 rings (SSSR count). The number of hydrogen-bond acceptors (Lipinski definition) is 1. The number of aryl methyl sites for hydroxylation is 2. The highest BCUT2D eigenvalue weighted by Gasteiger charge is 2.32. The molecule has 0 heterocycles. The Bertz CT molecular complexity index is 459. The topological polar surface area (TPSA) is 12.0 Å². The molecule has 1 N–H and O–H groups in total. The first-order valence-electron chi connectivity index (χ1n) is 6.78. The molecule has 0 bridgehead atoms. The van der Waals surface area contributed by atoms with E-state index in [4.69, 9.17) is 0 Å². The highest BCUT2D eigenvalue weighted by Crippen LogP contribution is 2.33. The van der Waals surface area contributed by atoms with Crippen molar-refractivity contribution in [3.8, 4) is 0 Å². The number of halogens is 4. The van der Waals surface area contributed by atoms with E-state index in [9.17, 15) is 13.2 Å². The lowest BCUT2D eigenvalue weighted by Gasteiger charge is -2.29. The van der Waals surface area contributed by atoms with Gasteiger partial charge < -0.3 is 5.32 Å². The Balaban J connectivity index is 0.00000200. The number of rotatable bonds is 2. The van der Waals surface area contributed by atoms with Crippen molar-refractivity contribution in [2.45, 2.75) is 51.2 Å². The maximum Gasteiger partial charge on any atom is 0.416 e. The van der Waals surface area contributed by atoms with Crippen molar-refractivity contribution < 1.29 is 13.2 Å². The second-order valence-electron chi connectivity index (χ2n) is 5.57. The fourth-order valence-electron chi connectivity index (χ4n) is 2.83. The van der Waals surface area contributed by atoms with Gasteiger partial charge in [0.2, 0.25) is 0 Å². The normalized spacial score (nSPS) is 22.6. The molecule has 1 aliphatic rings. The zero-order chi connectivity index (χ0) is 14.1. The minimum Gasteiger partial charge on any atom is -0.312 e. The average Bonchev–Trinajstić information content (AvgIpc) is 2.49. The van der Waals surface area contributed by atoms with Crippen molar-refractivity contribution in [1.82, 2.24) is 5.32 Å². The Morgan fingerprint density at radius 3 is 2.30 bits per heavy atom. The lowest BCUT2D eigenvalue weighted by Crippen LogP contribution is -2.42. The number of fused-ring (bicyclic) bond motifs is 1. The van der Waals surface area contributed by atoms with Crippen LogP contribution in [0, 0.1) is 0 Å². The van der Waals surface area contributed by atoms with E-state index in [0.717, 1.165) is 36.9 Å². The zero-order valence-corrected chi connectivity index (χ0v) is 12.6. The summed E-state index contributed by atoms with van der Waals surface area (Å²) in [7, 11) is 0. The monoisotopic (exact) mass is 307 g/mol. The third-order valence-corrected chi connectivity index (χ3v) is 4.03. The van der Waals surface area contributed by atoms with E-state index >= 15 is 0 Å². The molecule has 0 spiro atoms. The fraction of sp³-hybridized carbons (Fsp3) is 0.600. The molecule has 0 aliphatic heterocycles. The summed E-state index contributed by atoms with van der Waals surface area (Å²) in [6, 6.07) is 4.18. The van der Waals surface area contributed by atoms with Gasteiger partial charge in [0, 0.05) is 5.54 Å². The van der Waals surface area contributed by atoms with Crippen LogP contribution in [0.4, 0.5) is 13.2 Å². The molecule has 0 saturated carbocycles. The van der Waals surface area contributed by atoms with Crippen molar-refractivity contribution in [3.05, 3.63) is 34.9 Å². The van der Waals surface area contributed by atoms with Gasteiger partial charge in [0.15, 0.2) is 0 Å². The van der Waals surface area contributed by atoms with Gasteiger partial charge >= 0.3 is 6.18 Å². The van der Waals surface area contributed by atoms with Crippen molar-refractivity contribution in [2.75, 3.05) is 6.54 Å². The maximum atomic E-state index is 12.7. The molecule has 20 heavy (non-hydrogen) atoms. The molecule has 0 fully saturated rings. The molecule has 1 aromatic rings. The summed E-state index contributed by atoms with van der Waals surface area (Å²) in [5, 5.41) is 3.46. The molecule has 0 radical (unpaired) electrons. The lowest BCUT2D eigenvalue weighted by atomic mass is 9.92. The SMILES string of the molecule is CCNC1(C)CCc2ccc(C(F)(F)F)cc2CC1.Cl. The summed E-state index contributed by atoms with van der Waals surface area (Å²) in [4.78, 5) is 0. The van der Waals surface area contributed by atoms with Crippen LogP contribution in [0.1, 0.15) is 43.4 Å². The van der Waals surface area contributed by atoms with Gasteiger partial charge in [-0.15, -0.1) is 12.4 Å². The van der Waals surface area contributed by atoms with E-state index in [1.807, 2.05) is 0 Å². The molecule has 1 aromatic carbocycles. The van der Waals surface area contributed by atoms with Crippen LogP contribution in [-0.2, 0) is 19.0 Å². The lowest BCUT2D eigenvalue weighted by molar-refractivity contribution is -0.137. The third-order valence-electron chi connectivity index (χ3n) is 4.03. The molecule has 1 aliphatic carbocycles. The summed E-state index contributed by atoms with van der Waals surface area (Å²) < 4.78 is 38.2. The highest BCUT2D eigenvalue weighted by atomic mass is 35.5. The van der Waals surface area contributed by atoms with Gasteiger partial charge in [-0.25, -0.2) is 0 Å². The second kappa shape index (κ2) is 6.35. The molecule has 1 nitrogen and oxygen atoms in total. The van der Waals surface area contributed by atoms with E-state index in [0.29, 0.717) is 6.42 Å². The van der Waals surface area contributed by atoms with E-state index in [2.05, 4.69) is 19.2 Å². The molecular weight excluding hydrogens is 287 g/mol. The van der Waals surface area contributed by atoms with Gasteiger partial charge in [0.25, 0.3) is 0 Å². The van der Waals surface area contributed by atoms with Gasteiger partial charge in [-0.05, 0) is 62.4 Å². The van der Waals surface area contributed by atoms with Crippen LogP contribution in [0.15, 0.2) is 18.2 Å². The van der Waals surface area contributed by atoms with Crippen LogP contribution in [0.3, 0.4) is 0 Å². The third kappa shape index (κ3) is 3.89. The van der Waals surface area contributed by atoms with Gasteiger partial charge in [0.05, 0.1) is 5.56 Å². The summed E-state index contributed by atoms with van der Waals surface area (Å²) in [5.41, 5.74) is 1.43. The molecule has 114 valence electrons. The predicted molar refractivity (Wildman–Crippen MR) is 77.4 cm³/mol. The maximum absolute atomic E-state index is 12.7. The number of benzene rings is 1. The molecule has 0 aromatic heterocycles. The van der Waals surface area contributed by atoms with E-state index in [1.54, 1.807) is 6.07 Å². The van der Waals surface area contributed by atoms with Crippen LogP contribution in [-0.4, -0.2) is 12.1 Å². The van der Waals surface area contributed by atoms with Gasteiger partial charge in [-0.3, -0.25) is 0 Å². The van der Waals surface area contributed by atoms with Crippen LogP contribution >= 0.6 is 12.4 Å². The summed E-state index contributed by atoms with van der Waals surface area (Å²) in [5.74, 6) is 0. The minimum atomic E-state index is -4.24. The highest BCUT2D eigenvalue weighted by molar-refractivity contribution is 5.85. The Morgan fingerprint density at radius 1 is 1.15 bits per heavy atom. The van der Waals surface area contributed by atoms with E-state index < -0.39 is 11.7 Å². The van der Waals surface area contributed by atoms with Crippen molar-refractivity contribution in [3.63, 3.8) is 0 Å². The summed E-state index contributed by atoms with van der Waals surface area (Å²) >= 11 is 0. The Kier molecular flexibility index (Phi) is 5.50. The number of alkyl halides is 3. The minimum absolute atomic E-state index is 0. The van der Waals surface area contributed by atoms with Crippen LogP contribution in [0.25, 0.3) is 0 Å². The van der Waals surface area contributed by atoms with Gasteiger partial charge in [-0.1, -0.05) is 13.0 Å². The molecular formula is C15H21ClF3N. The molecule has 5 heteroatoms. The van der Waals surface area contributed by atoms with Crippen molar-refractivity contribution in [1.29, 1.82) is 0 Å². The van der Waals surface area contributed by atoms with Crippen molar-refractivity contribution >= 4 is 12.4 Å². The molecule has 0 amide bonds. The molecule has 1 atom stereocenters. The average molecular weight is 308 g/mol. The van der Waals surface area contributed by atoms with Gasteiger partial charge in [-0.2, -0.15) is 13.2 Å². The second-order valence-corrected chi connectivity index (χ2v) is 5.57. The van der Waals surface area contributed by atoms with Crippen molar-refractivity contribution in [2.24, 2.45) is 0 Å². The zero-order valence-electron chi connectivity index (χ0n) is 11.8. The number of hydrogen-bond donors (Lipinski definition) is 1. The number of nitrogens with one attached hydrogen (secondary N) is 1. The largest absolute Gasteiger partial charge is 0.416 e. The van der Waals surface area contributed by atoms with Crippen LogP contribution < -0.4 is 5.32 Å². The van der Waals surface area contributed by atoms with Crippen LogP contribution in [0.2, 0.25) is 0 Å². The predicted octanol–water partition coefficient (Wildman–Crippen LogP) is 4.37. The smallest absolute Gasteiger partial charge is 0.312 e. The Hall–Kier alpha value is -0.740. The Labute approximate surface area is 124 Å². The first-order valence-corrected chi connectivity index (χ1v) is 6.78. The first kappa shape index (κ1) is 17.3.